The number of rotatable bonds is 3. The lowest BCUT2D eigenvalue weighted by atomic mass is 9.76. The third-order valence-corrected chi connectivity index (χ3v) is 5.59. The van der Waals surface area contributed by atoms with Crippen molar-refractivity contribution in [3.05, 3.63) is 33.8 Å². The lowest BCUT2D eigenvalue weighted by Gasteiger charge is -2.37. The molecule has 0 saturated carbocycles. The normalized spacial score (nSPS) is 33.7. The molecule has 120 valence electrons. The second-order valence-electron chi connectivity index (χ2n) is 5.96. The minimum Gasteiger partial charge on any atom is -0.469 e. The first-order valence-corrected chi connectivity index (χ1v) is 8.12. The molecule has 1 aromatic carbocycles. The molecule has 3 rings (SSSR count). The summed E-state index contributed by atoms with van der Waals surface area (Å²) in [5.41, 5.74) is 1.03. The number of ether oxygens (including phenoxy) is 2. The Kier molecular flexibility index (Phi) is 4.64. The Hall–Kier alpha value is -0.810. The van der Waals surface area contributed by atoms with E-state index in [-0.39, 0.29) is 30.0 Å². The summed E-state index contributed by atoms with van der Waals surface area (Å²) in [5, 5.41) is 4.53. The molecule has 5 atom stereocenters. The molecule has 2 aliphatic heterocycles. The van der Waals surface area contributed by atoms with Crippen molar-refractivity contribution >= 4 is 29.2 Å². The Labute approximate surface area is 140 Å². The maximum Gasteiger partial charge on any atom is 0.310 e. The van der Waals surface area contributed by atoms with Gasteiger partial charge in [-0.3, -0.25) is 4.79 Å². The number of halogens is 2. The third kappa shape index (κ3) is 2.73. The van der Waals surface area contributed by atoms with Crippen LogP contribution >= 0.6 is 23.2 Å². The Morgan fingerprint density at radius 2 is 2.00 bits per heavy atom. The Balaban J connectivity index is 1.97. The number of nitrogens with one attached hydrogen (secondary N) is 1. The summed E-state index contributed by atoms with van der Waals surface area (Å²) in [6, 6.07) is 5.90. The smallest absolute Gasteiger partial charge is 0.310 e. The van der Waals surface area contributed by atoms with E-state index < -0.39 is 0 Å². The van der Waals surface area contributed by atoms with Crippen molar-refractivity contribution in [1.29, 1.82) is 0 Å². The molecule has 2 aliphatic rings. The summed E-state index contributed by atoms with van der Waals surface area (Å²) < 4.78 is 10.6. The molecule has 2 heterocycles. The Morgan fingerprint density at radius 1 is 1.23 bits per heavy atom. The fourth-order valence-corrected chi connectivity index (χ4v) is 4.16. The van der Waals surface area contributed by atoms with Gasteiger partial charge >= 0.3 is 5.97 Å². The first-order valence-electron chi connectivity index (χ1n) is 7.36. The number of hydrogen-bond donors (Lipinski definition) is 1. The van der Waals surface area contributed by atoms with Crippen molar-refractivity contribution in [2.24, 2.45) is 5.92 Å². The quantitative estimate of drug-likeness (QED) is 0.857. The largest absolute Gasteiger partial charge is 0.469 e. The molecule has 22 heavy (non-hydrogen) atoms. The maximum atomic E-state index is 12.4. The second kappa shape index (κ2) is 6.36. The summed E-state index contributed by atoms with van der Waals surface area (Å²) in [7, 11) is 3.12. The molecular weight excluding hydrogens is 325 g/mol. The van der Waals surface area contributed by atoms with Gasteiger partial charge in [-0.05, 0) is 30.5 Å². The predicted octanol–water partition coefficient (Wildman–Crippen LogP) is 3.02. The van der Waals surface area contributed by atoms with Gasteiger partial charge in [0.25, 0.3) is 0 Å². The third-order valence-electron chi connectivity index (χ3n) is 4.85. The molecular formula is C16H19Cl2NO3. The van der Waals surface area contributed by atoms with Crippen LogP contribution in [0.3, 0.4) is 0 Å². The zero-order chi connectivity index (χ0) is 15.9. The van der Waals surface area contributed by atoms with Crippen LogP contribution in [-0.2, 0) is 14.3 Å². The zero-order valence-corrected chi connectivity index (χ0v) is 14.0. The van der Waals surface area contributed by atoms with Crippen LogP contribution in [0.2, 0.25) is 10.0 Å². The van der Waals surface area contributed by atoms with Crippen molar-refractivity contribution in [2.45, 2.75) is 36.9 Å². The molecule has 4 nitrogen and oxygen atoms in total. The monoisotopic (exact) mass is 343 g/mol. The van der Waals surface area contributed by atoms with Gasteiger partial charge in [0, 0.05) is 25.1 Å². The van der Waals surface area contributed by atoms with Crippen molar-refractivity contribution in [3.63, 3.8) is 0 Å². The van der Waals surface area contributed by atoms with Gasteiger partial charge in [0.1, 0.15) is 0 Å². The summed E-state index contributed by atoms with van der Waals surface area (Å²) in [4.78, 5) is 12.4. The number of carbonyl (C=O) groups is 1. The average Bonchev–Trinajstić information content (AvgIpc) is 2.85. The van der Waals surface area contributed by atoms with Crippen LogP contribution in [0.4, 0.5) is 0 Å². The highest BCUT2D eigenvalue weighted by Crippen LogP contribution is 2.44. The molecule has 6 heteroatoms. The lowest BCUT2D eigenvalue weighted by Crippen LogP contribution is -2.51. The Morgan fingerprint density at radius 3 is 2.64 bits per heavy atom. The molecule has 0 spiro atoms. The molecule has 1 aromatic rings. The van der Waals surface area contributed by atoms with Gasteiger partial charge in [-0.25, -0.2) is 0 Å². The molecule has 0 radical (unpaired) electrons. The highest BCUT2D eigenvalue weighted by atomic mass is 35.5. The average molecular weight is 344 g/mol. The van der Waals surface area contributed by atoms with Crippen LogP contribution in [0.15, 0.2) is 18.2 Å². The van der Waals surface area contributed by atoms with Gasteiger partial charge in [0.15, 0.2) is 0 Å². The van der Waals surface area contributed by atoms with E-state index in [4.69, 9.17) is 32.7 Å². The number of fused-ring (bicyclic) bond motifs is 2. The van der Waals surface area contributed by atoms with Gasteiger partial charge in [-0.15, -0.1) is 0 Å². The highest BCUT2D eigenvalue weighted by molar-refractivity contribution is 6.42. The topological polar surface area (TPSA) is 47.6 Å². The van der Waals surface area contributed by atoms with Gasteiger partial charge < -0.3 is 14.8 Å². The number of hydrogen-bond acceptors (Lipinski definition) is 4. The summed E-state index contributed by atoms with van der Waals surface area (Å²) in [5.74, 6) is -0.444. The molecule has 1 N–H and O–H groups in total. The molecule has 5 unspecified atom stereocenters. The van der Waals surface area contributed by atoms with Crippen LogP contribution in [0.25, 0.3) is 0 Å². The predicted molar refractivity (Wildman–Crippen MR) is 85.5 cm³/mol. The highest BCUT2D eigenvalue weighted by Gasteiger charge is 2.51. The van der Waals surface area contributed by atoms with Crippen molar-refractivity contribution in [3.8, 4) is 0 Å². The van der Waals surface area contributed by atoms with Crippen LogP contribution in [-0.4, -0.2) is 38.4 Å². The molecule has 2 bridgehead atoms. The van der Waals surface area contributed by atoms with Crippen LogP contribution in [0.1, 0.15) is 24.3 Å². The van der Waals surface area contributed by atoms with Crippen LogP contribution in [0, 0.1) is 5.92 Å². The van der Waals surface area contributed by atoms with E-state index in [1.807, 2.05) is 12.1 Å². The molecule has 0 aliphatic carbocycles. The number of benzene rings is 1. The first-order chi connectivity index (χ1) is 10.5. The van der Waals surface area contributed by atoms with Crippen molar-refractivity contribution in [1.82, 2.24) is 5.32 Å². The molecule has 2 saturated heterocycles. The van der Waals surface area contributed by atoms with E-state index in [0.717, 1.165) is 18.4 Å². The van der Waals surface area contributed by atoms with Crippen LogP contribution < -0.4 is 5.32 Å². The fraction of sp³-hybridized carbons (Fsp3) is 0.562. The van der Waals surface area contributed by atoms with E-state index >= 15 is 0 Å². The second-order valence-corrected chi connectivity index (χ2v) is 6.78. The van der Waals surface area contributed by atoms with Crippen molar-refractivity contribution in [2.75, 3.05) is 14.2 Å². The van der Waals surface area contributed by atoms with E-state index in [1.54, 1.807) is 13.2 Å². The lowest BCUT2D eigenvalue weighted by molar-refractivity contribution is -0.149. The minimum absolute atomic E-state index is 0.0295. The fourth-order valence-electron chi connectivity index (χ4n) is 3.85. The van der Waals surface area contributed by atoms with E-state index in [2.05, 4.69) is 5.32 Å². The maximum absolute atomic E-state index is 12.4. The number of piperidine rings is 1. The zero-order valence-electron chi connectivity index (χ0n) is 12.5. The summed E-state index contributed by atoms with van der Waals surface area (Å²) >= 11 is 12.2. The van der Waals surface area contributed by atoms with E-state index in [1.165, 1.54) is 7.11 Å². The van der Waals surface area contributed by atoms with E-state index in [9.17, 15) is 4.79 Å². The SMILES string of the molecule is COC(=O)C1C(c2ccc(Cl)c(Cl)c2)CC2CC(OC)C1N2. The van der Waals surface area contributed by atoms with Crippen LogP contribution in [0.5, 0.6) is 0 Å². The number of methoxy groups -OCH3 is 2. The molecule has 0 amide bonds. The number of esters is 1. The molecule has 0 aromatic heterocycles. The number of carbonyl (C=O) groups excluding carboxylic acids is 1. The van der Waals surface area contributed by atoms with E-state index in [0.29, 0.717) is 16.1 Å². The van der Waals surface area contributed by atoms with Crippen molar-refractivity contribution < 1.29 is 14.3 Å². The van der Waals surface area contributed by atoms with Gasteiger partial charge in [0.2, 0.25) is 0 Å². The van der Waals surface area contributed by atoms with Gasteiger partial charge in [-0.2, -0.15) is 0 Å². The summed E-state index contributed by atoms with van der Waals surface area (Å²) in [6.07, 6.45) is 1.79. The standard InChI is InChI=1S/C16H19Cl2NO3/c1-21-13-7-9-6-10(8-3-4-11(17)12(18)5-8)14(15(13)19-9)16(20)22-2/h3-5,9-10,13-15,19H,6-7H2,1-2H3. The molecule has 2 fully saturated rings. The summed E-state index contributed by atoms with van der Waals surface area (Å²) in [6.45, 7) is 0. The first kappa shape index (κ1) is 16.1. The Bertz CT molecular complexity index is 581. The van der Waals surface area contributed by atoms with Gasteiger partial charge in [-0.1, -0.05) is 29.3 Å². The van der Waals surface area contributed by atoms with Gasteiger partial charge in [0.05, 0.1) is 29.2 Å². The minimum atomic E-state index is -0.286.